The first-order valence-corrected chi connectivity index (χ1v) is 7.34. The standard InChI is InChI=1S/C16H17ClN2O4/c1-23-14-6-5-11(17)8-13(14)16(22)18-9-12(20)10-19-7-3-2-4-15(19)21/h2-8,12,20H,9-10H2,1H3,(H,18,22)/t12-/m1/s1. The van der Waals surface area contributed by atoms with Crippen molar-refractivity contribution in [2.75, 3.05) is 13.7 Å². The Balaban J connectivity index is 1.98. The second kappa shape index (κ2) is 7.80. The van der Waals surface area contributed by atoms with Gasteiger partial charge in [-0.15, -0.1) is 0 Å². The Hall–Kier alpha value is -2.31. The van der Waals surface area contributed by atoms with Crippen molar-refractivity contribution >= 4 is 17.5 Å². The lowest BCUT2D eigenvalue weighted by Crippen LogP contribution is -2.36. The van der Waals surface area contributed by atoms with Crippen molar-refractivity contribution in [1.82, 2.24) is 9.88 Å². The lowest BCUT2D eigenvalue weighted by atomic mass is 10.2. The van der Waals surface area contributed by atoms with Crippen LogP contribution in [0, 0.1) is 0 Å². The topological polar surface area (TPSA) is 80.6 Å². The summed E-state index contributed by atoms with van der Waals surface area (Å²) in [5.41, 5.74) is 0.0680. The van der Waals surface area contributed by atoms with E-state index in [2.05, 4.69) is 5.32 Å². The monoisotopic (exact) mass is 336 g/mol. The zero-order valence-corrected chi connectivity index (χ0v) is 13.3. The highest BCUT2D eigenvalue weighted by Gasteiger charge is 2.14. The molecule has 0 aliphatic carbocycles. The second-order valence-corrected chi connectivity index (χ2v) is 5.34. The molecule has 6 nitrogen and oxygen atoms in total. The summed E-state index contributed by atoms with van der Waals surface area (Å²) in [5.74, 6) is -0.0236. The van der Waals surface area contributed by atoms with Crippen molar-refractivity contribution in [1.29, 1.82) is 0 Å². The fourth-order valence-corrected chi connectivity index (χ4v) is 2.24. The molecule has 1 aromatic heterocycles. The number of methoxy groups -OCH3 is 1. The highest BCUT2D eigenvalue weighted by atomic mass is 35.5. The number of carbonyl (C=O) groups excluding carboxylic acids is 1. The molecular formula is C16H17ClN2O4. The van der Waals surface area contributed by atoms with Gasteiger partial charge >= 0.3 is 0 Å². The lowest BCUT2D eigenvalue weighted by molar-refractivity contribution is 0.0900. The lowest BCUT2D eigenvalue weighted by Gasteiger charge is -2.14. The van der Waals surface area contributed by atoms with Gasteiger partial charge in [0.2, 0.25) is 0 Å². The van der Waals surface area contributed by atoms with Crippen LogP contribution in [0.3, 0.4) is 0 Å². The number of carbonyl (C=O) groups is 1. The molecule has 0 fully saturated rings. The van der Waals surface area contributed by atoms with Crippen LogP contribution in [-0.2, 0) is 6.54 Å². The van der Waals surface area contributed by atoms with Crippen LogP contribution in [0.1, 0.15) is 10.4 Å². The molecule has 1 heterocycles. The van der Waals surface area contributed by atoms with Crippen molar-refractivity contribution in [3.8, 4) is 5.75 Å². The van der Waals surface area contributed by atoms with Gasteiger partial charge in [-0.05, 0) is 24.3 Å². The number of aliphatic hydroxyl groups excluding tert-OH is 1. The van der Waals surface area contributed by atoms with Crippen LogP contribution in [0.15, 0.2) is 47.4 Å². The molecule has 0 aliphatic heterocycles. The Morgan fingerprint density at radius 3 is 2.87 bits per heavy atom. The second-order valence-electron chi connectivity index (χ2n) is 4.90. The van der Waals surface area contributed by atoms with E-state index in [-0.39, 0.29) is 24.2 Å². The van der Waals surface area contributed by atoms with Crippen LogP contribution >= 0.6 is 11.6 Å². The van der Waals surface area contributed by atoms with Crippen molar-refractivity contribution in [3.05, 3.63) is 63.5 Å². The number of pyridine rings is 1. The molecule has 2 aromatic rings. The first-order valence-electron chi connectivity index (χ1n) is 6.96. The third-order valence-electron chi connectivity index (χ3n) is 3.21. The molecule has 0 bridgehead atoms. The summed E-state index contributed by atoms with van der Waals surface area (Å²) < 4.78 is 6.48. The molecule has 1 aromatic carbocycles. The van der Waals surface area contributed by atoms with Crippen LogP contribution in [0.2, 0.25) is 5.02 Å². The third-order valence-corrected chi connectivity index (χ3v) is 3.45. The molecule has 1 amide bonds. The van der Waals surface area contributed by atoms with Crippen molar-refractivity contribution in [2.24, 2.45) is 0 Å². The molecular weight excluding hydrogens is 320 g/mol. The minimum absolute atomic E-state index is 0.00413. The predicted molar refractivity (Wildman–Crippen MR) is 87.0 cm³/mol. The molecule has 0 saturated heterocycles. The maximum Gasteiger partial charge on any atom is 0.255 e. The zero-order chi connectivity index (χ0) is 16.8. The quantitative estimate of drug-likeness (QED) is 0.833. The number of amides is 1. The fraction of sp³-hybridized carbons (Fsp3) is 0.250. The van der Waals surface area contributed by atoms with Gasteiger partial charge in [-0.2, -0.15) is 0 Å². The highest BCUT2D eigenvalue weighted by molar-refractivity contribution is 6.31. The Kier molecular flexibility index (Phi) is 5.78. The van der Waals surface area contributed by atoms with E-state index in [0.29, 0.717) is 10.8 Å². The molecule has 0 unspecified atom stereocenters. The highest BCUT2D eigenvalue weighted by Crippen LogP contribution is 2.22. The number of ether oxygens (including phenoxy) is 1. The molecule has 0 saturated carbocycles. The van der Waals surface area contributed by atoms with Crippen LogP contribution < -0.4 is 15.6 Å². The number of hydrogen-bond acceptors (Lipinski definition) is 4. The van der Waals surface area contributed by atoms with E-state index in [4.69, 9.17) is 16.3 Å². The molecule has 23 heavy (non-hydrogen) atoms. The van der Waals surface area contributed by atoms with Gasteiger partial charge in [0.25, 0.3) is 11.5 Å². The van der Waals surface area contributed by atoms with Crippen LogP contribution in [0.25, 0.3) is 0 Å². The fourth-order valence-electron chi connectivity index (χ4n) is 2.07. The number of halogens is 1. The van der Waals surface area contributed by atoms with E-state index < -0.39 is 12.0 Å². The Morgan fingerprint density at radius 2 is 2.17 bits per heavy atom. The van der Waals surface area contributed by atoms with Gasteiger partial charge in [-0.25, -0.2) is 0 Å². The summed E-state index contributed by atoms with van der Waals surface area (Å²) in [6.07, 6.45) is 0.678. The number of hydrogen-bond donors (Lipinski definition) is 2. The molecule has 2 rings (SSSR count). The molecule has 0 aliphatic rings. The van der Waals surface area contributed by atoms with Crippen molar-refractivity contribution in [3.63, 3.8) is 0 Å². The third kappa shape index (κ3) is 4.58. The summed E-state index contributed by atoms with van der Waals surface area (Å²) in [6, 6.07) is 9.43. The van der Waals surface area contributed by atoms with Gasteiger partial charge in [0.05, 0.1) is 25.3 Å². The van der Waals surface area contributed by atoms with Crippen molar-refractivity contribution in [2.45, 2.75) is 12.6 Å². The number of rotatable bonds is 6. The maximum atomic E-state index is 12.2. The first-order chi connectivity index (χ1) is 11.0. The van der Waals surface area contributed by atoms with Gasteiger partial charge in [0.15, 0.2) is 0 Å². The van der Waals surface area contributed by atoms with Gasteiger partial charge in [-0.3, -0.25) is 9.59 Å². The van der Waals surface area contributed by atoms with Crippen LogP contribution in [0.5, 0.6) is 5.75 Å². The van der Waals surface area contributed by atoms with E-state index >= 15 is 0 Å². The van der Waals surface area contributed by atoms with Gasteiger partial charge < -0.3 is 19.7 Å². The van der Waals surface area contributed by atoms with E-state index in [1.165, 1.54) is 23.8 Å². The molecule has 122 valence electrons. The van der Waals surface area contributed by atoms with E-state index in [9.17, 15) is 14.7 Å². The SMILES string of the molecule is COc1ccc(Cl)cc1C(=O)NC[C@@H](O)Cn1ccccc1=O. The molecule has 0 radical (unpaired) electrons. The summed E-state index contributed by atoms with van der Waals surface area (Å²) in [7, 11) is 1.46. The molecule has 2 N–H and O–H groups in total. The number of aromatic nitrogens is 1. The Labute approximate surface area is 138 Å². The number of aliphatic hydroxyl groups is 1. The van der Waals surface area contributed by atoms with E-state index in [1.54, 1.807) is 30.5 Å². The van der Waals surface area contributed by atoms with Gasteiger partial charge in [-0.1, -0.05) is 17.7 Å². The molecule has 0 spiro atoms. The summed E-state index contributed by atoms with van der Waals surface area (Å²) in [4.78, 5) is 23.7. The zero-order valence-electron chi connectivity index (χ0n) is 12.5. The summed E-state index contributed by atoms with van der Waals surface area (Å²) in [5, 5.41) is 13.0. The number of nitrogens with one attached hydrogen (secondary N) is 1. The van der Waals surface area contributed by atoms with Crippen molar-refractivity contribution < 1.29 is 14.6 Å². The van der Waals surface area contributed by atoms with Gasteiger partial charge in [0, 0.05) is 23.8 Å². The smallest absolute Gasteiger partial charge is 0.255 e. The van der Waals surface area contributed by atoms with E-state index in [1.807, 2.05) is 0 Å². The summed E-state index contributed by atoms with van der Waals surface area (Å²) in [6.45, 7) is 0.0858. The van der Waals surface area contributed by atoms with Crippen LogP contribution in [0.4, 0.5) is 0 Å². The Morgan fingerprint density at radius 1 is 1.39 bits per heavy atom. The minimum atomic E-state index is -0.899. The Bertz CT molecular complexity index is 745. The molecule has 7 heteroatoms. The average Bonchev–Trinajstić information content (AvgIpc) is 2.54. The van der Waals surface area contributed by atoms with E-state index in [0.717, 1.165) is 0 Å². The van der Waals surface area contributed by atoms with Gasteiger partial charge in [0.1, 0.15) is 5.75 Å². The number of nitrogens with zero attached hydrogens (tertiary/aromatic N) is 1. The minimum Gasteiger partial charge on any atom is -0.496 e. The normalized spacial score (nSPS) is 11.8. The number of benzene rings is 1. The maximum absolute atomic E-state index is 12.2. The predicted octanol–water partition coefficient (Wildman–Crippen LogP) is 1.30. The average molecular weight is 337 g/mol. The largest absolute Gasteiger partial charge is 0.496 e. The molecule has 1 atom stereocenters. The van der Waals surface area contributed by atoms with Crippen LogP contribution in [-0.4, -0.2) is 35.3 Å². The first kappa shape index (κ1) is 17.1. The summed E-state index contributed by atoms with van der Waals surface area (Å²) >= 11 is 5.88.